The van der Waals surface area contributed by atoms with Gasteiger partial charge in [0.05, 0.1) is 23.4 Å². The van der Waals surface area contributed by atoms with Crippen molar-refractivity contribution in [1.82, 2.24) is 10.3 Å². The lowest BCUT2D eigenvalue weighted by Gasteiger charge is -2.29. The molecule has 2 saturated carbocycles. The van der Waals surface area contributed by atoms with Crippen molar-refractivity contribution in [2.75, 3.05) is 6.61 Å². The molecule has 0 spiro atoms. The standard InChI is InChI=1S/C23H30N2O2/c1-4-27-23(26)22-14(2)18-7-5-6-8-20(18)25-21(22)13-24-15(3)19-12-16-9-10-17(19)11-16/h5-8,15-17,19,24H,4,9-13H2,1-3H3/t15-,16-,17-,19-/m0/s1. The summed E-state index contributed by atoms with van der Waals surface area (Å²) in [5.74, 6) is 2.32. The second-order valence-corrected chi connectivity index (χ2v) is 8.30. The summed E-state index contributed by atoms with van der Waals surface area (Å²) in [4.78, 5) is 17.5. The summed E-state index contributed by atoms with van der Waals surface area (Å²) in [5.41, 5.74) is 3.33. The van der Waals surface area contributed by atoms with Gasteiger partial charge in [-0.2, -0.15) is 0 Å². The second-order valence-electron chi connectivity index (χ2n) is 8.30. The van der Waals surface area contributed by atoms with Crippen molar-refractivity contribution < 1.29 is 9.53 Å². The first kappa shape index (κ1) is 18.4. The molecule has 1 N–H and O–H groups in total. The Balaban J connectivity index is 1.59. The van der Waals surface area contributed by atoms with Gasteiger partial charge in [-0.1, -0.05) is 24.6 Å². The number of hydrogen-bond acceptors (Lipinski definition) is 4. The highest BCUT2D eigenvalue weighted by Crippen LogP contribution is 2.49. The number of aromatic nitrogens is 1. The number of nitrogens with one attached hydrogen (secondary N) is 1. The predicted molar refractivity (Wildman–Crippen MR) is 108 cm³/mol. The summed E-state index contributed by atoms with van der Waals surface area (Å²) in [6.07, 6.45) is 5.58. The Labute approximate surface area is 161 Å². The molecule has 0 unspecified atom stereocenters. The molecule has 0 aliphatic heterocycles. The van der Waals surface area contributed by atoms with Crippen LogP contribution in [0.2, 0.25) is 0 Å². The number of para-hydroxylation sites is 1. The number of aryl methyl sites for hydroxylation is 1. The van der Waals surface area contributed by atoms with Gasteiger partial charge in [0, 0.05) is 18.0 Å². The molecular weight excluding hydrogens is 336 g/mol. The maximum Gasteiger partial charge on any atom is 0.340 e. The van der Waals surface area contributed by atoms with Gasteiger partial charge in [-0.25, -0.2) is 4.79 Å². The zero-order valence-electron chi connectivity index (χ0n) is 16.6. The number of esters is 1. The molecule has 4 atom stereocenters. The molecule has 4 rings (SSSR count). The van der Waals surface area contributed by atoms with E-state index in [1.165, 1.54) is 25.7 Å². The fourth-order valence-electron chi connectivity index (χ4n) is 5.36. The van der Waals surface area contributed by atoms with Crippen molar-refractivity contribution >= 4 is 16.9 Å². The van der Waals surface area contributed by atoms with Gasteiger partial charge >= 0.3 is 5.97 Å². The minimum absolute atomic E-state index is 0.266. The molecule has 2 bridgehead atoms. The van der Waals surface area contributed by atoms with Crippen molar-refractivity contribution in [3.8, 4) is 0 Å². The van der Waals surface area contributed by atoms with Gasteiger partial charge in [-0.05, 0) is 69.4 Å². The maximum atomic E-state index is 12.6. The second kappa shape index (κ2) is 7.59. The molecule has 0 radical (unpaired) electrons. The molecule has 27 heavy (non-hydrogen) atoms. The lowest BCUT2D eigenvalue weighted by molar-refractivity contribution is 0.0523. The van der Waals surface area contributed by atoms with Gasteiger partial charge < -0.3 is 10.1 Å². The van der Waals surface area contributed by atoms with Crippen LogP contribution in [0, 0.1) is 24.7 Å². The number of ether oxygens (including phenoxy) is 1. The van der Waals surface area contributed by atoms with E-state index in [1.807, 2.05) is 38.1 Å². The highest BCUT2D eigenvalue weighted by molar-refractivity contribution is 5.98. The van der Waals surface area contributed by atoms with Crippen LogP contribution in [0.15, 0.2) is 24.3 Å². The van der Waals surface area contributed by atoms with Crippen LogP contribution >= 0.6 is 0 Å². The SMILES string of the molecule is CCOC(=O)c1c(CN[C@@H](C)[C@@H]2C[C@H]3CC[C@H]2C3)nc2ccccc2c1C. The van der Waals surface area contributed by atoms with E-state index in [1.54, 1.807) is 0 Å². The Hall–Kier alpha value is -1.94. The van der Waals surface area contributed by atoms with Crippen molar-refractivity contribution in [2.45, 2.75) is 59.0 Å². The van der Waals surface area contributed by atoms with Gasteiger partial charge in [-0.3, -0.25) is 4.98 Å². The van der Waals surface area contributed by atoms with Gasteiger partial charge in [0.15, 0.2) is 0 Å². The zero-order chi connectivity index (χ0) is 19.0. The van der Waals surface area contributed by atoms with E-state index in [4.69, 9.17) is 9.72 Å². The Morgan fingerprint density at radius 1 is 1.30 bits per heavy atom. The van der Waals surface area contributed by atoms with Crippen molar-refractivity contribution in [2.24, 2.45) is 17.8 Å². The topological polar surface area (TPSA) is 51.2 Å². The maximum absolute atomic E-state index is 12.6. The summed E-state index contributed by atoms with van der Waals surface area (Å²) in [7, 11) is 0. The largest absolute Gasteiger partial charge is 0.462 e. The van der Waals surface area contributed by atoms with E-state index in [0.29, 0.717) is 24.8 Å². The minimum atomic E-state index is -0.266. The van der Waals surface area contributed by atoms with Crippen LogP contribution in [0.1, 0.15) is 61.1 Å². The van der Waals surface area contributed by atoms with Crippen LogP contribution in [0.25, 0.3) is 10.9 Å². The number of nitrogens with zero attached hydrogens (tertiary/aromatic N) is 1. The molecule has 4 heteroatoms. The fourth-order valence-corrected chi connectivity index (χ4v) is 5.36. The highest BCUT2D eigenvalue weighted by Gasteiger charge is 2.41. The van der Waals surface area contributed by atoms with E-state index in [-0.39, 0.29) is 5.97 Å². The average Bonchev–Trinajstić information content (AvgIpc) is 3.30. The Morgan fingerprint density at radius 3 is 2.81 bits per heavy atom. The number of benzene rings is 1. The molecule has 0 saturated heterocycles. The van der Waals surface area contributed by atoms with E-state index < -0.39 is 0 Å². The Bertz CT molecular complexity index is 848. The zero-order valence-corrected chi connectivity index (χ0v) is 16.6. The number of fused-ring (bicyclic) bond motifs is 3. The van der Waals surface area contributed by atoms with E-state index >= 15 is 0 Å². The third kappa shape index (κ3) is 3.47. The van der Waals surface area contributed by atoms with Gasteiger partial charge in [0.25, 0.3) is 0 Å². The first-order valence-corrected chi connectivity index (χ1v) is 10.4. The van der Waals surface area contributed by atoms with Crippen LogP contribution in [0.3, 0.4) is 0 Å². The smallest absolute Gasteiger partial charge is 0.340 e. The predicted octanol–water partition coefficient (Wildman–Crippen LogP) is 4.63. The molecule has 144 valence electrons. The summed E-state index contributed by atoms with van der Waals surface area (Å²) >= 11 is 0. The molecule has 2 aromatic rings. The number of hydrogen-bond donors (Lipinski definition) is 1. The first-order chi connectivity index (χ1) is 13.1. The average molecular weight is 367 g/mol. The van der Waals surface area contributed by atoms with Gasteiger partial charge in [0.2, 0.25) is 0 Å². The molecule has 0 amide bonds. The molecule has 2 fully saturated rings. The van der Waals surface area contributed by atoms with Crippen LogP contribution in [0.5, 0.6) is 0 Å². The van der Waals surface area contributed by atoms with Crippen molar-refractivity contribution in [1.29, 1.82) is 0 Å². The molecule has 1 aromatic carbocycles. The van der Waals surface area contributed by atoms with Gasteiger partial charge in [0.1, 0.15) is 0 Å². The number of carbonyl (C=O) groups excluding carboxylic acids is 1. The van der Waals surface area contributed by atoms with Crippen LogP contribution in [0.4, 0.5) is 0 Å². The molecule has 2 aliphatic rings. The first-order valence-electron chi connectivity index (χ1n) is 10.4. The van der Waals surface area contributed by atoms with E-state index in [0.717, 1.165) is 39.9 Å². The normalized spacial score (nSPS) is 25.1. The van der Waals surface area contributed by atoms with Crippen LogP contribution < -0.4 is 5.32 Å². The van der Waals surface area contributed by atoms with Crippen molar-refractivity contribution in [3.05, 3.63) is 41.1 Å². The van der Waals surface area contributed by atoms with E-state index in [9.17, 15) is 4.79 Å². The van der Waals surface area contributed by atoms with Crippen LogP contribution in [-0.2, 0) is 11.3 Å². The number of carbonyl (C=O) groups is 1. The van der Waals surface area contributed by atoms with Crippen LogP contribution in [-0.4, -0.2) is 23.6 Å². The molecule has 1 aromatic heterocycles. The number of rotatable bonds is 6. The minimum Gasteiger partial charge on any atom is -0.462 e. The lowest BCUT2D eigenvalue weighted by Crippen LogP contribution is -2.36. The summed E-state index contributed by atoms with van der Waals surface area (Å²) in [6.45, 7) is 7.12. The third-order valence-corrected chi connectivity index (χ3v) is 6.73. The Morgan fingerprint density at radius 2 is 2.11 bits per heavy atom. The Kier molecular flexibility index (Phi) is 5.18. The number of pyridine rings is 1. The monoisotopic (exact) mass is 366 g/mol. The lowest BCUT2D eigenvalue weighted by atomic mass is 9.84. The quantitative estimate of drug-likeness (QED) is 0.757. The summed E-state index contributed by atoms with van der Waals surface area (Å²) < 4.78 is 5.34. The highest BCUT2D eigenvalue weighted by atomic mass is 16.5. The third-order valence-electron chi connectivity index (χ3n) is 6.73. The molecule has 4 nitrogen and oxygen atoms in total. The molecule has 1 heterocycles. The van der Waals surface area contributed by atoms with Crippen molar-refractivity contribution in [3.63, 3.8) is 0 Å². The fraction of sp³-hybridized carbons (Fsp3) is 0.565. The summed E-state index contributed by atoms with van der Waals surface area (Å²) in [5, 5.41) is 4.70. The molecular formula is C23H30N2O2. The van der Waals surface area contributed by atoms with Gasteiger partial charge in [-0.15, -0.1) is 0 Å². The van der Waals surface area contributed by atoms with E-state index in [2.05, 4.69) is 12.2 Å². The molecule has 2 aliphatic carbocycles. The summed E-state index contributed by atoms with van der Waals surface area (Å²) in [6, 6.07) is 8.47.